The van der Waals surface area contributed by atoms with E-state index < -0.39 is 0 Å². The average Bonchev–Trinajstić information content (AvgIpc) is 2.80. The fourth-order valence-electron chi connectivity index (χ4n) is 1.56. The van der Waals surface area contributed by atoms with Gasteiger partial charge in [-0.3, -0.25) is 0 Å². The molecule has 0 unspecified atom stereocenters. The van der Waals surface area contributed by atoms with Gasteiger partial charge in [-0.2, -0.15) is 4.98 Å². The minimum atomic E-state index is -0.310. The summed E-state index contributed by atoms with van der Waals surface area (Å²) in [6, 6.07) is 4.99. The van der Waals surface area contributed by atoms with Crippen molar-refractivity contribution < 1.29 is 9.26 Å². The first-order valence-electron chi connectivity index (χ1n) is 6.03. The predicted octanol–water partition coefficient (Wildman–Crippen LogP) is 3.20. The second-order valence-corrected chi connectivity index (χ2v) is 4.99. The quantitative estimate of drug-likeness (QED) is 0.931. The van der Waals surface area contributed by atoms with Crippen LogP contribution < -0.4 is 10.5 Å². The van der Waals surface area contributed by atoms with Crippen molar-refractivity contribution >= 4 is 11.6 Å². The lowest BCUT2D eigenvalue weighted by Crippen LogP contribution is -2.07. The Bertz CT molecular complexity index is 567. The van der Waals surface area contributed by atoms with Crippen molar-refractivity contribution in [2.24, 2.45) is 5.73 Å². The number of nitrogens with zero attached hydrogens (tertiary/aromatic N) is 2. The van der Waals surface area contributed by atoms with Gasteiger partial charge in [0.05, 0.1) is 17.7 Å². The molecule has 2 rings (SSSR count). The van der Waals surface area contributed by atoms with Gasteiger partial charge in [0, 0.05) is 5.02 Å². The second kappa shape index (κ2) is 5.59. The zero-order valence-corrected chi connectivity index (χ0v) is 11.8. The molecule has 0 spiro atoms. The van der Waals surface area contributed by atoms with E-state index in [9.17, 15) is 0 Å². The number of aromatic nitrogens is 2. The van der Waals surface area contributed by atoms with Gasteiger partial charge in [0.1, 0.15) is 5.75 Å². The van der Waals surface area contributed by atoms with Gasteiger partial charge >= 0.3 is 0 Å². The van der Waals surface area contributed by atoms with E-state index in [1.54, 1.807) is 25.1 Å². The topological polar surface area (TPSA) is 74.2 Å². The highest BCUT2D eigenvalue weighted by Crippen LogP contribution is 2.31. The third kappa shape index (κ3) is 3.24. The number of hydrogen-bond acceptors (Lipinski definition) is 5. The molecule has 5 nitrogen and oxygen atoms in total. The van der Waals surface area contributed by atoms with E-state index in [-0.39, 0.29) is 12.1 Å². The molecule has 0 saturated carbocycles. The normalized spacial score (nSPS) is 12.7. The maximum atomic E-state index is 6.01. The van der Waals surface area contributed by atoms with E-state index in [0.717, 1.165) is 0 Å². The van der Waals surface area contributed by atoms with E-state index in [4.69, 9.17) is 26.6 Å². The van der Waals surface area contributed by atoms with E-state index >= 15 is 0 Å². The first kappa shape index (κ1) is 13.8. The summed E-state index contributed by atoms with van der Waals surface area (Å²) in [4.78, 5) is 4.25. The molecule has 0 bridgehead atoms. The Labute approximate surface area is 116 Å². The van der Waals surface area contributed by atoms with Crippen molar-refractivity contribution in [2.45, 2.75) is 32.9 Å². The number of ether oxygens (including phenoxy) is 1. The van der Waals surface area contributed by atoms with E-state index in [2.05, 4.69) is 10.1 Å². The summed E-state index contributed by atoms with van der Waals surface area (Å²) in [5, 5.41) is 4.49. The lowest BCUT2D eigenvalue weighted by molar-refractivity contribution is 0.243. The van der Waals surface area contributed by atoms with Crippen LogP contribution in [0.1, 0.15) is 32.7 Å². The highest BCUT2D eigenvalue weighted by Gasteiger charge is 2.16. The molecule has 1 aromatic heterocycles. The first-order valence-corrected chi connectivity index (χ1v) is 6.41. The lowest BCUT2D eigenvalue weighted by Gasteiger charge is -2.12. The molecule has 0 aliphatic heterocycles. The highest BCUT2D eigenvalue weighted by atomic mass is 35.5. The van der Waals surface area contributed by atoms with Gasteiger partial charge in [0.2, 0.25) is 11.7 Å². The molecule has 0 aliphatic rings. The Morgan fingerprint density at radius 3 is 2.63 bits per heavy atom. The molecule has 0 aliphatic carbocycles. The van der Waals surface area contributed by atoms with Crippen LogP contribution in [0.5, 0.6) is 5.75 Å². The van der Waals surface area contributed by atoms with Crippen LogP contribution in [0.25, 0.3) is 11.4 Å². The highest BCUT2D eigenvalue weighted by molar-refractivity contribution is 6.30. The van der Waals surface area contributed by atoms with Gasteiger partial charge in [0.15, 0.2) is 0 Å². The largest absolute Gasteiger partial charge is 0.490 e. The van der Waals surface area contributed by atoms with Crippen LogP contribution in [-0.4, -0.2) is 16.2 Å². The first-order chi connectivity index (χ1) is 8.97. The summed E-state index contributed by atoms with van der Waals surface area (Å²) in [5.74, 6) is 1.47. The minimum Gasteiger partial charge on any atom is -0.490 e. The molecular formula is C13H16ClN3O2. The zero-order valence-electron chi connectivity index (χ0n) is 11.1. The number of halogens is 1. The van der Waals surface area contributed by atoms with Crippen molar-refractivity contribution in [1.82, 2.24) is 10.1 Å². The molecule has 0 amide bonds. The molecular weight excluding hydrogens is 266 g/mol. The van der Waals surface area contributed by atoms with Gasteiger partial charge < -0.3 is 15.0 Å². The number of rotatable bonds is 4. The monoisotopic (exact) mass is 281 g/mol. The maximum absolute atomic E-state index is 6.01. The van der Waals surface area contributed by atoms with Crippen LogP contribution in [-0.2, 0) is 0 Å². The molecule has 2 aromatic rings. The van der Waals surface area contributed by atoms with Crippen LogP contribution in [0.15, 0.2) is 22.7 Å². The van der Waals surface area contributed by atoms with E-state index in [0.29, 0.717) is 28.1 Å². The summed E-state index contributed by atoms with van der Waals surface area (Å²) in [6.07, 6.45) is 0.0414. The molecule has 19 heavy (non-hydrogen) atoms. The molecule has 2 N–H and O–H groups in total. The number of hydrogen-bond donors (Lipinski definition) is 1. The Balaban J connectivity index is 2.43. The van der Waals surface area contributed by atoms with Gasteiger partial charge in [0.25, 0.3) is 0 Å². The van der Waals surface area contributed by atoms with Gasteiger partial charge in [-0.1, -0.05) is 16.8 Å². The summed E-state index contributed by atoms with van der Waals surface area (Å²) in [5.41, 5.74) is 6.39. The van der Waals surface area contributed by atoms with Crippen molar-refractivity contribution in [2.75, 3.05) is 0 Å². The lowest BCUT2D eigenvalue weighted by atomic mass is 10.2. The Morgan fingerprint density at radius 1 is 1.32 bits per heavy atom. The summed E-state index contributed by atoms with van der Waals surface area (Å²) in [6.45, 7) is 5.67. The van der Waals surface area contributed by atoms with Crippen molar-refractivity contribution in [1.29, 1.82) is 0 Å². The van der Waals surface area contributed by atoms with Crippen LogP contribution in [0.4, 0.5) is 0 Å². The Kier molecular flexibility index (Phi) is 4.07. The van der Waals surface area contributed by atoms with Gasteiger partial charge in [-0.05, 0) is 39.0 Å². The third-order valence-corrected chi connectivity index (χ3v) is 2.61. The second-order valence-electron chi connectivity index (χ2n) is 4.55. The SMILES string of the molecule is CC(C)Oc1ccc(Cl)cc1-c1noc([C@@H](C)N)n1. The van der Waals surface area contributed by atoms with E-state index in [1.807, 2.05) is 13.8 Å². The molecule has 1 atom stereocenters. The number of benzene rings is 1. The molecule has 6 heteroatoms. The summed E-state index contributed by atoms with van der Waals surface area (Å²) >= 11 is 6.01. The summed E-state index contributed by atoms with van der Waals surface area (Å²) in [7, 11) is 0. The van der Waals surface area contributed by atoms with E-state index in [1.165, 1.54) is 0 Å². The van der Waals surface area contributed by atoms with Gasteiger partial charge in [-0.25, -0.2) is 0 Å². The molecule has 1 aromatic carbocycles. The molecule has 102 valence electrons. The molecule has 0 fully saturated rings. The predicted molar refractivity (Wildman–Crippen MR) is 73.1 cm³/mol. The zero-order chi connectivity index (χ0) is 14.0. The van der Waals surface area contributed by atoms with Crippen molar-refractivity contribution in [3.63, 3.8) is 0 Å². The Morgan fingerprint density at radius 2 is 2.05 bits per heavy atom. The molecule has 1 heterocycles. The van der Waals surface area contributed by atoms with Gasteiger partial charge in [-0.15, -0.1) is 0 Å². The maximum Gasteiger partial charge on any atom is 0.243 e. The van der Waals surface area contributed by atoms with Crippen LogP contribution >= 0.6 is 11.6 Å². The Hall–Kier alpha value is -1.59. The fourth-order valence-corrected chi connectivity index (χ4v) is 1.74. The van der Waals surface area contributed by atoms with Crippen molar-refractivity contribution in [3.05, 3.63) is 29.1 Å². The van der Waals surface area contributed by atoms with Crippen molar-refractivity contribution in [3.8, 4) is 17.1 Å². The summed E-state index contributed by atoms with van der Waals surface area (Å²) < 4.78 is 10.8. The van der Waals surface area contributed by atoms with Crippen LogP contribution in [0.2, 0.25) is 5.02 Å². The fraction of sp³-hybridized carbons (Fsp3) is 0.385. The van der Waals surface area contributed by atoms with Crippen LogP contribution in [0, 0.1) is 0 Å². The minimum absolute atomic E-state index is 0.0414. The average molecular weight is 282 g/mol. The number of nitrogens with two attached hydrogens (primary N) is 1. The van der Waals surface area contributed by atoms with Crippen LogP contribution in [0.3, 0.4) is 0 Å². The molecule has 0 radical (unpaired) electrons. The smallest absolute Gasteiger partial charge is 0.243 e. The molecule has 0 saturated heterocycles. The third-order valence-electron chi connectivity index (χ3n) is 2.38. The standard InChI is InChI=1S/C13H16ClN3O2/c1-7(2)18-11-5-4-9(14)6-10(11)12-16-13(8(3)15)19-17-12/h4-8H,15H2,1-3H3/t8-/m1/s1.